The van der Waals surface area contributed by atoms with Crippen LogP contribution in [0.3, 0.4) is 0 Å². The lowest BCUT2D eigenvalue weighted by molar-refractivity contribution is -0.0238. The van der Waals surface area contributed by atoms with Crippen molar-refractivity contribution in [2.45, 2.75) is 37.8 Å². The summed E-state index contributed by atoms with van der Waals surface area (Å²) >= 11 is 0. The second-order valence-electron chi connectivity index (χ2n) is 10.9. The van der Waals surface area contributed by atoms with Crippen molar-refractivity contribution < 1.29 is 9.47 Å². The maximum Gasteiger partial charge on any atom is 0.101 e. The number of pyridine rings is 1. The summed E-state index contributed by atoms with van der Waals surface area (Å²) in [5.41, 5.74) is 3.76. The molecule has 3 aliphatic heterocycles. The number of morpholine rings is 2. The lowest BCUT2D eigenvalue weighted by atomic mass is 10.1. The fourth-order valence-electron chi connectivity index (χ4n) is 6.40. The van der Waals surface area contributed by atoms with Crippen LogP contribution in [-0.4, -0.2) is 73.2 Å². The Morgan fingerprint density at radius 2 is 1.84 bits per heavy atom. The van der Waals surface area contributed by atoms with Crippen LogP contribution in [0.15, 0.2) is 61.1 Å². The highest BCUT2D eigenvalue weighted by atomic mass is 16.5. The van der Waals surface area contributed by atoms with Gasteiger partial charge in [-0.05, 0) is 48.7 Å². The van der Waals surface area contributed by atoms with E-state index < -0.39 is 0 Å². The molecule has 2 aromatic carbocycles. The molecule has 0 saturated carbocycles. The van der Waals surface area contributed by atoms with Crippen molar-refractivity contribution in [1.82, 2.24) is 14.9 Å². The number of hydrogen-bond donors (Lipinski definition) is 1. The summed E-state index contributed by atoms with van der Waals surface area (Å²) in [7, 11) is 0. The molecular weight excluding hydrogens is 476 g/mol. The summed E-state index contributed by atoms with van der Waals surface area (Å²) in [6.07, 6.45) is 6.38. The van der Waals surface area contributed by atoms with E-state index in [-0.39, 0.29) is 12.2 Å². The van der Waals surface area contributed by atoms with E-state index in [2.05, 4.69) is 80.4 Å². The van der Waals surface area contributed by atoms with Crippen LogP contribution < -0.4 is 15.1 Å². The van der Waals surface area contributed by atoms with Gasteiger partial charge in [0.15, 0.2) is 0 Å². The summed E-state index contributed by atoms with van der Waals surface area (Å²) in [5.74, 6) is 0. The highest BCUT2D eigenvalue weighted by molar-refractivity contribution is 5.95. The first-order valence-electron chi connectivity index (χ1n) is 13.5. The Morgan fingerprint density at radius 1 is 1.00 bits per heavy atom. The lowest BCUT2D eigenvalue weighted by Gasteiger charge is -2.43. The number of anilines is 2. The Kier molecular flexibility index (Phi) is 5.92. The van der Waals surface area contributed by atoms with Gasteiger partial charge in [0.1, 0.15) is 6.07 Å². The van der Waals surface area contributed by atoms with Crippen LogP contribution in [0, 0.1) is 11.3 Å². The third-order valence-corrected chi connectivity index (χ3v) is 7.98. The number of ether oxygens (including phenoxy) is 2. The Balaban J connectivity index is 1.11. The number of fused-ring (bicyclic) bond motifs is 4. The summed E-state index contributed by atoms with van der Waals surface area (Å²) in [6, 6.07) is 17.8. The van der Waals surface area contributed by atoms with Gasteiger partial charge in [-0.3, -0.25) is 4.98 Å². The van der Waals surface area contributed by atoms with Crippen molar-refractivity contribution in [3.63, 3.8) is 0 Å². The molecule has 0 spiro atoms. The number of nitrogens with zero attached hydrogens (tertiary/aromatic N) is 5. The predicted molar refractivity (Wildman–Crippen MR) is 149 cm³/mol. The SMILES string of the molecule is C[C@@H]1CN(c2ccc(C#N)c3ncccc23)C[C@H](Cn2cc3ccc(N4CC5COCC(C4)N5)cc3c2)O1. The van der Waals surface area contributed by atoms with E-state index in [0.29, 0.717) is 17.6 Å². The van der Waals surface area contributed by atoms with E-state index in [9.17, 15) is 5.26 Å². The summed E-state index contributed by atoms with van der Waals surface area (Å²) < 4.78 is 14.4. The smallest absolute Gasteiger partial charge is 0.101 e. The molecule has 4 atom stereocenters. The van der Waals surface area contributed by atoms with Gasteiger partial charge in [0.2, 0.25) is 0 Å². The number of aromatic nitrogens is 2. The van der Waals surface area contributed by atoms with Crippen LogP contribution >= 0.6 is 0 Å². The molecule has 3 aliphatic rings. The summed E-state index contributed by atoms with van der Waals surface area (Å²) in [5, 5.41) is 16.7. The minimum absolute atomic E-state index is 0.0509. The van der Waals surface area contributed by atoms with E-state index in [0.717, 1.165) is 62.5 Å². The largest absolute Gasteiger partial charge is 0.378 e. The minimum Gasteiger partial charge on any atom is -0.378 e. The van der Waals surface area contributed by atoms with Crippen molar-refractivity contribution in [2.24, 2.45) is 0 Å². The van der Waals surface area contributed by atoms with Crippen LogP contribution in [0.25, 0.3) is 21.7 Å². The van der Waals surface area contributed by atoms with E-state index >= 15 is 0 Å². The van der Waals surface area contributed by atoms with E-state index in [1.54, 1.807) is 6.20 Å². The number of piperazine rings is 1. The first kappa shape index (κ1) is 23.5. The Bertz CT molecular complexity index is 1510. The molecule has 194 valence electrons. The molecule has 7 rings (SSSR count). The van der Waals surface area contributed by atoms with Crippen LogP contribution in [0.2, 0.25) is 0 Å². The highest BCUT2D eigenvalue weighted by Crippen LogP contribution is 2.31. The van der Waals surface area contributed by atoms with E-state index in [1.165, 1.54) is 16.5 Å². The fourth-order valence-corrected chi connectivity index (χ4v) is 6.40. The highest BCUT2D eigenvalue weighted by Gasteiger charge is 2.31. The van der Waals surface area contributed by atoms with Gasteiger partial charge in [0.05, 0.1) is 43.0 Å². The van der Waals surface area contributed by atoms with Crippen molar-refractivity contribution in [1.29, 1.82) is 5.26 Å². The Morgan fingerprint density at radius 3 is 2.68 bits per heavy atom. The number of hydrogen-bond acceptors (Lipinski definition) is 7. The van der Waals surface area contributed by atoms with Crippen LogP contribution in [-0.2, 0) is 16.0 Å². The molecule has 0 amide bonds. The molecule has 0 radical (unpaired) electrons. The predicted octanol–water partition coefficient (Wildman–Crippen LogP) is 3.53. The molecule has 3 fully saturated rings. The van der Waals surface area contributed by atoms with Crippen LogP contribution in [0.5, 0.6) is 0 Å². The second-order valence-corrected chi connectivity index (χ2v) is 10.9. The average molecular weight is 509 g/mol. The molecule has 1 N–H and O–H groups in total. The summed E-state index contributed by atoms with van der Waals surface area (Å²) in [4.78, 5) is 9.37. The topological polar surface area (TPSA) is 78.6 Å². The normalized spacial score (nSPS) is 25.6. The zero-order valence-electron chi connectivity index (χ0n) is 21.6. The van der Waals surface area contributed by atoms with Crippen LogP contribution in [0.4, 0.5) is 11.4 Å². The number of rotatable bonds is 4. The third kappa shape index (κ3) is 4.37. The summed E-state index contributed by atoms with van der Waals surface area (Å²) in [6.45, 7) is 8.04. The Hall–Kier alpha value is -3.64. The van der Waals surface area contributed by atoms with Crippen molar-refractivity contribution in [3.05, 3.63) is 66.6 Å². The molecule has 2 unspecified atom stereocenters. The standard InChI is InChI=1S/C30H32N6O2/c1-20-11-36(29-7-5-21(10-31)30-28(29)3-2-8-32-30)17-27(38-20)16-34-12-22-4-6-26(9-23(22)13-34)35-14-24-18-37-19-25(15-35)33-24/h2-9,12-13,20,24-25,27,33H,11,14-19H2,1H3/t20-,24?,25?,27+/m1/s1. The molecule has 0 aliphatic carbocycles. The molecule has 2 aromatic heterocycles. The molecule has 4 aromatic rings. The molecule has 5 heterocycles. The third-order valence-electron chi connectivity index (χ3n) is 7.98. The van der Waals surface area contributed by atoms with Crippen molar-refractivity contribution >= 4 is 33.1 Å². The monoisotopic (exact) mass is 508 g/mol. The van der Waals surface area contributed by atoms with E-state index in [4.69, 9.17) is 9.47 Å². The van der Waals surface area contributed by atoms with E-state index in [1.807, 2.05) is 12.1 Å². The van der Waals surface area contributed by atoms with Crippen molar-refractivity contribution in [3.8, 4) is 6.07 Å². The second kappa shape index (κ2) is 9.59. The van der Waals surface area contributed by atoms with Gasteiger partial charge in [0, 0.05) is 79.0 Å². The minimum atomic E-state index is 0.0509. The average Bonchev–Trinajstić information content (AvgIpc) is 3.33. The molecule has 38 heavy (non-hydrogen) atoms. The lowest BCUT2D eigenvalue weighted by Crippen LogP contribution is -2.62. The molecular formula is C30H32N6O2. The van der Waals surface area contributed by atoms with Gasteiger partial charge >= 0.3 is 0 Å². The maximum absolute atomic E-state index is 9.54. The zero-order valence-corrected chi connectivity index (χ0v) is 21.6. The first-order chi connectivity index (χ1) is 18.6. The van der Waals surface area contributed by atoms with Gasteiger partial charge in [-0.25, -0.2) is 0 Å². The molecule has 8 heteroatoms. The fraction of sp³-hybridized carbons (Fsp3) is 0.400. The Labute approximate surface area is 222 Å². The van der Waals surface area contributed by atoms with Crippen molar-refractivity contribution in [2.75, 3.05) is 49.2 Å². The van der Waals surface area contributed by atoms with Gasteiger partial charge in [-0.1, -0.05) is 6.07 Å². The van der Waals surface area contributed by atoms with Gasteiger partial charge in [0.25, 0.3) is 0 Å². The first-order valence-corrected chi connectivity index (χ1v) is 13.5. The molecule has 3 saturated heterocycles. The van der Waals surface area contributed by atoms with Gasteiger partial charge in [-0.2, -0.15) is 5.26 Å². The zero-order chi connectivity index (χ0) is 25.6. The number of benzene rings is 2. The van der Waals surface area contributed by atoms with Gasteiger partial charge < -0.3 is 29.2 Å². The maximum atomic E-state index is 9.54. The van der Waals surface area contributed by atoms with Gasteiger partial charge in [-0.15, -0.1) is 0 Å². The quantitative estimate of drug-likeness (QED) is 0.452. The molecule has 2 bridgehead atoms. The number of nitrogens with one attached hydrogen (secondary N) is 1. The van der Waals surface area contributed by atoms with Crippen LogP contribution in [0.1, 0.15) is 12.5 Å². The number of nitriles is 1. The molecule has 8 nitrogen and oxygen atoms in total.